The van der Waals surface area contributed by atoms with E-state index in [1.807, 2.05) is 0 Å². The first-order chi connectivity index (χ1) is 16.5. The van der Waals surface area contributed by atoms with E-state index in [0.29, 0.717) is 12.6 Å². The zero-order chi connectivity index (χ0) is 23.6. The first-order valence-corrected chi connectivity index (χ1v) is 13.3. The van der Waals surface area contributed by atoms with E-state index in [-0.39, 0.29) is 11.1 Å². The van der Waals surface area contributed by atoms with Crippen LogP contribution in [-0.4, -0.2) is 39.6 Å². The lowest BCUT2D eigenvalue weighted by Gasteiger charge is -2.48. The van der Waals surface area contributed by atoms with Crippen molar-refractivity contribution in [2.75, 3.05) is 25.0 Å². The average Bonchev–Trinajstić information content (AvgIpc) is 3.03. The molecule has 3 N–H and O–H groups in total. The summed E-state index contributed by atoms with van der Waals surface area (Å²) in [6, 6.07) is 20.3. The summed E-state index contributed by atoms with van der Waals surface area (Å²) < 4.78 is 2.46. The van der Waals surface area contributed by atoms with E-state index in [1.54, 1.807) is 0 Å². The normalized spacial score (nSPS) is 20.3. The predicted octanol–water partition coefficient (Wildman–Crippen LogP) is 6.07. The molecule has 0 unspecified atom stereocenters. The number of nitrogens with zero attached hydrogens (tertiary/aromatic N) is 3. The van der Waals surface area contributed by atoms with Crippen molar-refractivity contribution in [2.24, 2.45) is 5.73 Å². The lowest BCUT2D eigenvalue weighted by molar-refractivity contribution is 0.0362. The number of fused-ring (bicyclic) bond motifs is 1. The Bertz CT molecular complexity index is 1060. The van der Waals surface area contributed by atoms with Crippen molar-refractivity contribution < 1.29 is 0 Å². The van der Waals surface area contributed by atoms with Gasteiger partial charge in [0.05, 0.1) is 11.0 Å². The summed E-state index contributed by atoms with van der Waals surface area (Å²) >= 11 is 0. The maximum atomic E-state index is 6.28. The van der Waals surface area contributed by atoms with Crippen molar-refractivity contribution in [3.8, 4) is 0 Å². The molecule has 34 heavy (non-hydrogen) atoms. The van der Waals surface area contributed by atoms with Gasteiger partial charge in [-0.2, -0.15) is 0 Å². The number of rotatable bonds is 6. The number of imidazole rings is 1. The molecule has 182 valence electrons. The molecule has 1 saturated carbocycles. The molecule has 0 bridgehead atoms. The van der Waals surface area contributed by atoms with E-state index in [1.165, 1.54) is 49.6 Å². The maximum Gasteiger partial charge on any atom is 0.204 e. The Hall–Kier alpha value is -2.37. The van der Waals surface area contributed by atoms with E-state index in [2.05, 4.69) is 83.2 Å². The van der Waals surface area contributed by atoms with E-state index < -0.39 is 0 Å². The Morgan fingerprint density at radius 1 is 0.941 bits per heavy atom. The van der Waals surface area contributed by atoms with Gasteiger partial charge < -0.3 is 15.6 Å². The summed E-state index contributed by atoms with van der Waals surface area (Å²) in [6.07, 6.45) is 10.3. The van der Waals surface area contributed by atoms with Crippen molar-refractivity contribution in [3.63, 3.8) is 0 Å². The first-order valence-electron chi connectivity index (χ1n) is 13.3. The molecule has 0 amide bonds. The molecule has 5 heteroatoms. The molecule has 1 aromatic heterocycles. The fourth-order valence-electron chi connectivity index (χ4n) is 6.25. The van der Waals surface area contributed by atoms with Crippen LogP contribution in [0.15, 0.2) is 54.6 Å². The van der Waals surface area contributed by atoms with Gasteiger partial charge in [0.25, 0.3) is 0 Å². The standard InChI is InChI=1S/C29H41N5/c1-28(2,30)22-31-27-32-25-14-8-9-15-26(25)34(27)24-16-20-33(21-17-24)29(18-10-3-4-11-19-29)23-12-6-5-7-13-23/h5-9,12-15,24H,3-4,10-11,16-22,30H2,1-2H3,(H,31,32). The molecule has 2 aliphatic rings. The summed E-state index contributed by atoms with van der Waals surface area (Å²) in [5.41, 5.74) is 10.0. The van der Waals surface area contributed by atoms with Crippen LogP contribution in [0.25, 0.3) is 11.0 Å². The monoisotopic (exact) mass is 459 g/mol. The lowest BCUT2D eigenvalue weighted by Crippen LogP contribution is -2.50. The van der Waals surface area contributed by atoms with E-state index in [0.717, 1.165) is 37.4 Å². The number of hydrogen-bond acceptors (Lipinski definition) is 4. The van der Waals surface area contributed by atoms with Gasteiger partial charge in [0.2, 0.25) is 5.95 Å². The Morgan fingerprint density at radius 2 is 1.59 bits per heavy atom. The minimum absolute atomic E-state index is 0.199. The number of anilines is 1. The van der Waals surface area contributed by atoms with Crippen LogP contribution >= 0.6 is 0 Å². The van der Waals surface area contributed by atoms with Crippen LogP contribution in [0.3, 0.4) is 0 Å². The van der Waals surface area contributed by atoms with Gasteiger partial charge in [-0.25, -0.2) is 4.98 Å². The fourth-order valence-corrected chi connectivity index (χ4v) is 6.25. The summed E-state index contributed by atoms with van der Waals surface area (Å²) in [7, 11) is 0. The Labute approximate surface area is 204 Å². The SMILES string of the molecule is CC(C)(N)CNc1nc2ccccc2n1C1CCN(C2(c3ccccc3)CCCCCC2)CC1. The number of nitrogens with two attached hydrogens (primary N) is 1. The molecule has 2 heterocycles. The molecular formula is C29H41N5. The van der Waals surface area contributed by atoms with Gasteiger partial charge in [-0.1, -0.05) is 68.1 Å². The van der Waals surface area contributed by atoms with E-state index in [9.17, 15) is 0 Å². The summed E-state index contributed by atoms with van der Waals surface area (Å²) in [6.45, 7) is 7.08. The number of likely N-dealkylation sites (tertiary alicyclic amines) is 1. The topological polar surface area (TPSA) is 59.1 Å². The molecule has 0 radical (unpaired) electrons. The predicted molar refractivity (Wildman–Crippen MR) is 142 cm³/mol. The van der Waals surface area contributed by atoms with Crippen molar-refractivity contribution in [3.05, 3.63) is 60.2 Å². The highest BCUT2D eigenvalue weighted by Crippen LogP contribution is 2.44. The first kappa shape index (κ1) is 23.4. The molecule has 1 saturated heterocycles. The van der Waals surface area contributed by atoms with Gasteiger partial charge >= 0.3 is 0 Å². The van der Waals surface area contributed by atoms with Crippen molar-refractivity contribution in [1.29, 1.82) is 0 Å². The second kappa shape index (κ2) is 9.71. The van der Waals surface area contributed by atoms with Crippen LogP contribution in [0.2, 0.25) is 0 Å². The fraction of sp³-hybridized carbons (Fsp3) is 0.552. The number of nitrogens with one attached hydrogen (secondary N) is 1. The highest BCUT2D eigenvalue weighted by Gasteiger charge is 2.40. The summed E-state index contributed by atoms with van der Waals surface area (Å²) in [5.74, 6) is 0.963. The molecule has 5 nitrogen and oxygen atoms in total. The van der Waals surface area contributed by atoms with Gasteiger partial charge in [-0.3, -0.25) is 4.90 Å². The summed E-state index contributed by atoms with van der Waals surface area (Å²) in [4.78, 5) is 7.79. The highest BCUT2D eigenvalue weighted by molar-refractivity contribution is 5.78. The largest absolute Gasteiger partial charge is 0.354 e. The zero-order valence-electron chi connectivity index (χ0n) is 21.0. The molecule has 1 aliphatic carbocycles. The number of benzene rings is 2. The third-order valence-corrected chi connectivity index (χ3v) is 7.97. The number of aromatic nitrogens is 2. The Morgan fingerprint density at radius 3 is 2.26 bits per heavy atom. The summed E-state index contributed by atoms with van der Waals surface area (Å²) in [5, 5.41) is 3.57. The Kier molecular flexibility index (Phi) is 6.67. The van der Waals surface area contributed by atoms with Gasteiger partial charge in [-0.15, -0.1) is 0 Å². The number of para-hydroxylation sites is 2. The molecular weight excluding hydrogens is 418 g/mol. The van der Waals surface area contributed by atoms with Crippen LogP contribution in [0, 0.1) is 0 Å². The lowest BCUT2D eigenvalue weighted by atomic mass is 9.79. The van der Waals surface area contributed by atoms with Gasteiger partial charge in [0.15, 0.2) is 0 Å². The van der Waals surface area contributed by atoms with E-state index in [4.69, 9.17) is 10.7 Å². The minimum Gasteiger partial charge on any atom is -0.354 e. The van der Waals surface area contributed by atoms with Crippen LogP contribution in [-0.2, 0) is 5.54 Å². The molecule has 2 aromatic carbocycles. The van der Waals surface area contributed by atoms with Gasteiger partial charge in [-0.05, 0) is 57.2 Å². The van der Waals surface area contributed by atoms with Crippen LogP contribution in [0.4, 0.5) is 5.95 Å². The zero-order valence-corrected chi connectivity index (χ0v) is 21.0. The Balaban J connectivity index is 1.40. The van der Waals surface area contributed by atoms with Crippen LogP contribution in [0.1, 0.15) is 76.8 Å². The quantitative estimate of drug-likeness (QED) is 0.439. The van der Waals surface area contributed by atoms with Crippen LogP contribution in [0.5, 0.6) is 0 Å². The average molecular weight is 460 g/mol. The third-order valence-electron chi connectivity index (χ3n) is 7.97. The molecule has 5 rings (SSSR count). The van der Waals surface area contributed by atoms with Crippen molar-refractivity contribution in [2.45, 2.75) is 82.3 Å². The van der Waals surface area contributed by atoms with Gasteiger partial charge in [0.1, 0.15) is 0 Å². The van der Waals surface area contributed by atoms with E-state index >= 15 is 0 Å². The highest BCUT2D eigenvalue weighted by atomic mass is 15.3. The van der Waals surface area contributed by atoms with Crippen molar-refractivity contribution >= 4 is 17.0 Å². The second-order valence-electron chi connectivity index (χ2n) is 11.2. The molecule has 0 spiro atoms. The third kappa shape index (κ3) is 4.73. The van der Waals surface area contributed by atoms with Gasteiger partial charge in [0, 0.05) is 36.8 Å². The maximum absolute atomic E-state index is 6.28. The van der Waals surface area contributed by atoms with Crippen molar-refractivity contribution in [1.82, 2.24) is 14.5 Å². The second-order valence-corrected chi connectivity index (χ2v) is 11.2. The molecule has 0 atom stereocenters. The molecule has 3 aromatic rings. The smallest absolute Gasteiger partial charge is 0.204 e. The number of hydrogen-bond donors (Lipinski definition) is 2. The molecule has 2 fully saturated rings. The number of piperidine rings is 1. The minimum atomic E-state index is -0.284. The molecule has 1 aliphatic heterocycles. The van der Waals surface area contributed by atoms with Crippen LogP contribution < -0.4 is 11.1 Å².